The first-order valence-corrected chi connectivity index (χ1v) is 12.9. The van der Waals surface area contributed by atoms with Crippen LogP contribution in [-0.4, -0.2) is 32.2 Å². The fraction of sp³-hybridized carbons (Fsp3) is 0.435. The summed E-state index contributed by atoms with van der Waals surface area (Å²) in [6, 6.07) is 18.3. The van der Waals surface area contributed by atoms with E-state index >= 15 is 0 Å². The molecule has 5 nitrogen and oxygen atoms in total. The lowest BCUT2D eigenvalue weighted by Crippen LogP contribution is -2.45. The van der Waals surface area contributed by atoms with Crippen molar-refractivity contribution in [3.8, 4) is 0 Å². The van der Waals surface area contributed by atoms with Gasteiger partial charge in [0, 0.05) is 0 Å². The van der Waals surface area contributed by atoms with Gasteiger partial charge in [0.1, 0.15) is 12.7 Å². The molecule has 0 aromatic heterocycles. The van der Waals surface area contributed by atoms with Gasteiger partial charge < -0.3 is 19.6 Å². The van der Waals surface area contributed by atoms with Gasteiger partial charge in [-0.15, -0.1) is 0 Å². The molecule has 0 bridgehead atoms. The molecule has 0 radical (unpaired) electrons. The first-order valence-electron chi connectivity index (χ1n) is 9.94. The van der Waals surface area contributed by atoms with E-state index in [0.717, 1.165) is 11.1 Å². The topological polar surface area (TPSA) is 67.8 Å². The van der Waals surface area contributed by atoms with E-state index in [4.69, 9.17) is 9.16 Å². The van der Waals surface area contributed by atoms with Crippen LogP contribution in [0.25, 0.3) is 0 Å². The molecule has 0 saturated carbocycles. The Morgan fingerprint density at radius 1 is 1.03 bits per heavy atom. The Bertz CT molecular complexity index is 759. The van der Waals surface area contributed by atoms with Crippen LogP contribution in [0.2, 0.25) is 18.1 Å². The van der Waals surface area contributed by atoms with Gasteiger partial charge in [0.05, 0.1) is 12.6 Å². The van der Waals surface area contributed by atoms with Gasteiger partial charge in [-0.2, -0.15) is 0 Å². The highest BCUT2D eigenvalue weighted by Crippen LogP contribution is 2.36. The number of nitrogens with one attached hydrogen (secondary N) is 1. The molecule has 0 spiro atoms. The summed E-state index contributed by atoms with van der Waals surface area (Å²) in [6.07, 6.45) is -1.47. The van der Waals surface area contributed by atoms with Crippen molar-refractivity contribution in [3.63, 3.8) is 0 Å². The van der Waals surface area contributed by atoms with E-state index in [2.05, 4.69) is 39.2 Å². The quantitative estimate of drug-likeness (QED) is 0.593. The summed E-state index contributed by atoms with van der Waals surface area (Å²) in [6.45, 7) is 11.1. The maximum atomic E-state index is 12.4. The molecule has 0 aliphatic carbocycles. The lowest BCUT2D eigenvalue weighted by atomic mass is 10.0. The molecule has 2 aromatic carbocycles. The Hall–Kier alpha value is -2.15. The number of carbonyl (C=O) groups is 1. The van der Waals surface area contributed by atoms with Crippen LogP contribution in [0.4, 0.5) is 4.79 Å². The highest BCUT2D eigenvalue weighted by atomic mass is 28.4. The largest absolute Gasteiger partial charge is 0.445 e. The fourth-order valence-electron chi connectivity index (χ4n) is 2.56. The molecule has 2 aromatic rings. The minimum Gasteiger partial charge on any atom is -0.445 e. The standard InChI is InChI=1S/C23H33NO4Si/c1-23(2,3)29(4,5)28-17-20(25)21(19-14-10-7-11-15-19)24-22(26)27-16-18-12-8-6-9-13-18/h6-15,20-21,25H,16-17H2,1-5H3,(H,24,26)/t20-,21-/m0/s1. The number of amides is 1. The van der Waals surface area contributed by atoms with Crippen LogP contribution in [0.5, 0.6) is 0 Å². The van der Waals surface area contributed by atoms with Gasteiger partial charge in [0.25, 0.3) is 0 Å². The van der Waals surface area contributed by atoms with Gasteiger partial charge in [0.15, 0.2) is 8.32 Å². The number of alkyl carbamates (subject to hydrolysis) is 1. The minimum atomic E-state index is -2.02. The maximum absolute atomic E-state index is 12.4. The normalized spacial score (nSPS) is 14.1. The molecule has 2 rings (SSSR count). The second-order valence-electron chi connectivity index (χ2n) is 8.73. The number of aliphatic hydroxyl groups is 1. The first kappa shape index (κ1) is 23.1. The lowest BCUT2D eigenvalue weighted by Gasteiger charge is -2.37. The molecule has 2 atom stereocenters. The van der Waals surface area contributed by atoms with Gasteiger partial charge in [-0.25, -0.2) is 4.79 Å². The average molecular weight is 416 g/mol. The van der Waals surface area contributed by atoms with E-state index < -0.39 is 26.6 Å². The number of rotatable bonds is 8. The Morgan fingerprint density at radius 2 is 1.59 bits per heavy atom. The maximum Gasteiger partial charge on any atom is 0.408 e. The number of carbonyl (C=O) groups excluding carboxylic acids is 1. The van der Waals surface area contributed by atoms with Gasteiger partial charge >= 0.3 is 6.09 Å². The lowest BCUT2D eigenvalue weighted by molar-refractivity contribution is 0.0609. The van der Waals surface area contributed by atoms with E-state index in [9.17, 15) is 9.90 Å². The van der Waals surface area contributed by atoms with Crippen LogP contribution in [0.15, 0.2) is 60.7 Å². The number of ether oxygens (including phenoxy) is 1. The zero-order chi connectivity index (χ0) is 21.5. The molecular weight excluding hydrogens is 382 g/mol. The Labute approximate surface area is 175 Å². The van der Waals surface area contributed by atoms with E-state index in [0.29, 0.717) is 0 Å². The monoisotopic (exact) mass is 415 g/mol. The molecule has 6 heteroatoms. The number of hydrogen-bond donors (Lipinski definition) is 2. The zero-order valence-electron chi connectivity index (χ0n) is 18.0. The highest BCUT2D eigenvalue weighted by Gasteiger charge is 2.38. The Balaban J connectivity index is 2.04. The zero-order valence-corrected chi connectivity index (χ0v) is 19.0. The van der Waals surface area contributed by atoms with E-state index in [1.807, 2.05) is 60.7 Å². The summed E-state index contributed by atoms with van der Waals surface area (Å²) in [7, 11) is -2.02. The van der Waals surface area contributed by atoms with Gasteiger partial charge in [0.2, 0.25) is 0 Å². The molecular formula is C23H33NO4Si. The van der Waals surface area contributed by atoms with Crippen molar-refractivity contribution >= 4 is 14.4 Å². The van der Waals surface area contributed by atoms with Crippen molar-refractivity contribution < 1.29 is 19.1 Å². The van der Waals surface area contributed by atoms with Gasteiger partial charge in [-0.1, -0.05) is 81.4 Å². The second-order valence-corrected chi connectivity index (χ2v) is 13.5. The molecule has 158 valence electrons. The smallest absolute Gasteiger partial charge is 0.408 e. The summed E-state index contributed by atoms with van der Waals surface area (Å²) < 4.78 is 11.5. The summed E-state index contributed by atoms with van der Waals surface area (Å²) in [5.41, 5.74) is 1.70. The van der Waals surface area contributed by atoms with Crippen LogP contribution in [0, 0.1) is 0 Å². The van der Waals surface area contributed by atoms with Crippen molar-refractivity contribution in [2.45, 2.75) is 57.7 Å². The van der Waals surface area contributed by atoms with Crippen LogP contribution in [-0.2, 0) is 15.8 Å². The number of benzene rings is 2. The van der Waals surface area contributed by atoms with Crippen LogP contribution in [0.3, 0.4) is 0 Å². The molecule has 29 heavy (non-hydrogen) atoms. The Morgan fingerprint density at radius 3 is 2.14 bits per heavy atom. The first-order chi connectivity index (χ1) is 13.6. The summed E-state index contributed by atoms with van der Waals surface area (Å²) in [5.74, 6) is 0. The van der Waals surface area contributed by atoms with E-state index in [-0.39, 0.29) is 18.3 Å². The third-order valence-corrected chi connectivity index (χ3v) is 9.95. The van der Waals surface area contributed by atoms with Crippen molar-refractivity contribution in [2.75, 3.05) is 6.61 Å². The highest BCUT2D eigenvalue weighted by molar-refractivity contribution is 6.74. The van der Waals surface area contributed by atoms with Crippen molar-refractivity contribution in [1.29, 1.82) is 0 Å². The second kappa shape index (κ2) is 10.0. The van der Waals surface area contributed by atoms with Crippen LogP contribution < -0.4 is 5.32 Å². The van der Waals surface area contributed by atoms with E-state index in [1.165, 1.54) is 0 Å². The molecule has 0 aliphatic rings. The number of hydrogen-bond acceptors (Lipinski definition) is 4. The molecule has 0 aliphatic heterocycles. The van der Waals surface area contributed by atoms with Crippen molar-refractivity contribution in [3.05, 3.63) is 71.8 Å². The van der Waals surface area contributed by atoms with Crippen LogP contribution >= 0.6 is 0 Å². The predicted molar refractivity (Wildman–Crippen MR) is 118 cm³/mol. The minimum absolute atomic E-state index is 0.0387. The third-order valence-electron chi connectivity index (χ3n) is 5.45. The molecule has 1 amide bonds. The average Bonchev–Trinajstić information content (AvgIpc) is 2.69. The van der Waals surface area contributed by atoms with Crippen LogP contribution in [0.1, 0.15) is 37.9 Å². The van der Waals surface area contributed by atoms with Crippen molar-refractivity contribution in [2.24, 2.45) is 0 Å². The van der Waals surface area contributed by atoms with Gasteiger partial charge in [-0.05, 0) is 29.3 Å². The third kappa shape index (κ3) is 6.99. The molecule has 0 fully saturated rings. The molecule has 0 heterocycles. The summed E-state index contributed by atoms with van der Waals surface area (Å²) in [4.78, 5) is 12.4. The van der Waals surface area contributed by atoms with Gasteiger partial charge in [-0.3, -0.25) is 0 Å². The Kier molecular flexibility index (Phi) is 8.02. The molecule has 0 saturated heterocycles. The molecule has 2 N–H and O–H groups in total. The molecule has 0 unspecified atom stereocenters. The predicted octanol–water partition coefficient (Wildman–Crippen LogP) is 5.04. The van der Waals surface area contributed by atoms with Crippen molar-refractivity contribution in [1.82, 2.24) is 5.32 Å². The summed E-state index contributed by atoms with van der Waals surface area (Å²) in [5, 5.41) is 13.7. The summed E-state index contributed by atoms with van der Waals surface area (Å²) >= 11 is 0. The number of aliphatic hydroxyl groups excluding tert-OH is 1. The fourth-order valence-corrected chi connectivity index (χ4v) is 3.58. The SMILES string of the molecule is CC(C)(C)[Si](C)(C)OC[C@H](O)[C@@H](NC(=O)OCc1ccccc1)c1ccccc1. The van der Waals surface area contributed by atoms with E-state index in [1.54, 1.807) is 0 Å².